The molecule has 0 saturated heterocycles. The lowest BCUT2D eigenvalue weighted by atomic mass is 9.80. The Bertz CT molecular complexity index is 695. The van der Waals surface area contributed by atoms with Gasteiger partial charge < -0.3 is 10.1 Å². The molecule has 0 saturated carbocycles. The quantitative estimate of drug-likeness (QED) is 0.627. The number of hydrogen-bond acceptors (Lipinski definition) is 3. The number of amides is 1. The largest absolute Gasteiger partial charge is 0.325 e. The lowest BCUT2D eigenvalue weighted by Crippen LogP contribution is -2.37. The number of carbonyl (C=O) groups is 3. The Morgan fingerprint density at radius 1 is 0.917 bits per heavy atom. The predicted octanol–water partition coefficient (Wildman–Crippen LogP) is 3.45. The zero-order valence-corrected chi connectivity index (χ0v) is 13.8. The number of nitrogens with one attached hydrogen (secondary N) is 1. The lowest BCUT2D eigenvalue weighted by molar-refractivity contribution is -0.136. The molecule has 1 N–H and O–H groups in total. The third-order valence-electron chi connectivity index (χ3n) is 3.89. The van der Waals surface area contributed by atoms with E-state index in [1.165, 1.54) is 0 Å². The SMILES string of the molecule is CC(C)C(=O)[C@@H](C(=O)Nc1ccccc1)[C@H](C=O)c1ccccc1. The van der Waals surface area contributed by atoms with Crippen molar-refractivity contribution in [2.24, 2.45) is 11.8 Å². The summed E-state index contributed by atoms with van der Waals surface area (Å²) in [5.41, 5.74) is 1.26. The monoisotopic (exact) mass is 323 g/mol. The second-order valence-electron chi connectivity index (χ2n) is 5.96. The van der Waals surface area contributed by atoms with Crippen molar-refractivity contribution >= 4 is 23.7 Å². The molecule has 0 aromatic heterocycles. The highest BCUT2D eigenvalue weighted by Crippen LogP contribution is 2.27. The number of hydrogen-bond donors (Lipinski definition) is 1. The summed E-state index contributed by atoms with van der Waals surface area (Å²) in [5, 5.41) is 2.74. The van der Waals surface area contributed by atoms with Crippen LogP contribution in [0.5, 0.6) is 0 Å². The van der Waals surface area contributed by atoms with Crippen molar-refractivity contribution in [2.45, 2.75) is 19.8 Å². The minimum atomic E-state index is -1.05. The van der Waals surface area contributed by atoms with Crippen molar-refractivity contribution in [3.8, 4) is 0 Å². The third-order valence-corrected chi connectivity index (χ3v) is 3.89. The molecule has 0 unspecified atom stereocenters. The molecule has 0 spiro atoms. The summed E-state index contributed by atoms with van der Waals surface area (Å²) in [7, 11) is 0. The second-order valence-corrected chi connectivity index (χ2v) is 5.96. The fraction of sp³-hybridized carbons (Fsp3) is 0.250. The maximum Gasteiger partial charge on any atom is 0.236 e. The summed E-state index contributed by atoms with van der Waals surface area (Å²) in [5.74, 6) is -2.90. The number of rotatable bonds is 7. The molecule has 0 heterocycles. The van der Waals surface area contributed by atoms with Gasteiger partial charge >= 0.3 is 0 Å². The van der Waals surface area contributed by atoms with Crippen LogP contribution < -0.4 is 5.32 Å². The topological polar surface area (TPSA) is 63.2 Å². The Kier molecular flexibility index (Phi) is 6.01. The van der Waals surface area contributed by atoms with Crippen LogP contribution in [0.1, 0.15) is 25.3 Å². The van der Waals surface area contributed by atoms with Crippen LogP contribution in [0.2, 0.25) is 0 Å². The maximum atomic E-state index is 12.7. The van der Waals surface area contributed by atoms with Crippen LogP contribution in [-0.4, -0.2) is 18.0 Å². The number of ketones is 1. The zero-order chi connectivity index (χ0) is 17.5. The van der Waals surface area contributed by atoms with E-state index >= 15 is 0 Å². The minimum absolute atomic E-state index is 0.246. The molecule has 0 aliphatic rings. The van der Waals surface area contributed by atoms with Crippen LogP contribution >= 0.6 is 0 Å². The van der Waals surface area contributed by atoms with Gasteiger partial charge in [-0.05, 0) is 17.7 Å². The van der Waals surface area contributed by atoms with Gasteiger partial charge in [-0.15, -0.1) is 0 Å². The van der Waals surface area contributed by atoms with E-state index in [-0.39, 0.29) is 11.7 Å². The first-order valence-electron chi connectivity index (χ1n) is 7.94. The molecule has 0 aliphatic carbocycles. The van der Waals surface area contributed by atoms with Gasteiger partial charge in [-0.2, -0.15) is 0 Å². The molecule has 4 nitrogen and oxygen atoms in total. The van der Waals surface area contributed by atoms with Gasteiger partial charge in [-0.1, -0.05) is 62.4 Å². The van der Waals surface area contributed by atoms with Crippen LogP contribution in [0.25, 0.3) is 0 Å². The minimum Gasteiger partial charge on any atom is -0.325 e. The van der Waals surface area contributed by atoms with E-state index in [9.17, 15) is 14.4 Å². The van der Waals surface area contributed by atoms with Gasteiger partial charge in [0.15, 0.2) is 0 Å². The van der Waals surface area contributed by atoms with E-state index in [1.807, 2.05) is 12.1 Å². The molecule has 0 bridgehead atoms. The molecule has 4 heteroatoms. The highest BCUT2D eigenvalue weighted by Gasteiger charge is 2.36. The molecule has 0 radical (unpaired) electrons. The number of aldehydes is 1. The fourth-order valence-corrected chi connectivity index (χ4v) is 2.59. The molecule has 0 aliphatic heterocycles. The standard InChI is InChI=1S/C20H21NO3/c1-14(2)19(23)18(17(13-22)15-9-5-3-6-10-15)20(24)21-16-11-7-4-8-12-16/h3-14,17-18H,1-2H3,(H,21,24)/t17-,18+/m1/s1. The highest BCUT2D eigenvalue weighted by atomic mass is 16.2. The van der Waals surface area contributed by atoms with Crippen molar-refractivity contribution in [1.82, 2.24) is 0 Å². The molecule has 2 atom stereocenters. The van der Waals surface area contributed by atoms with Crippen LogP contribution in [-0.2, 0) is 14.4 Å². The third kappa shape index (κ3) is 4.16. The first-order valence-corrected chi connectivity index (χ1v) is 7.94. The smallest absolute Gasteiger partial charge is 0.236 e. The second kappa shape index (κ2) is 8.20. The summed E-state index contributed by atoms with van der Waals surface area (Å²) in [6, 6.07) is 17.8. The van der Waals surface area contributed by atoms with Crippen molar-refractivity contribution in [1.29, 1.82) is 0 Å². The van der Waals surface area contributed by atoms with E-state index in [0.29, 0.717) is 17.5 Å². The van der Waals surface area contributed by atoms with E-state index in [1.54, 1.807) is 62.4 Å². The normalized spacial score (nSPS) is 13.1. The van der Waals surface area contributed by atoms with Crippen LogP contribution in [0.4, 0.5) is 5.69 Å². The predicted molar refractivity (Wildman–Crippen MR) is 93.7 cm³/mol. The Morgan fingerprint density at radius 2 is 1.46 bits per heavy atom. The lowest BCUT2D eigenvalue weighted by Gasteiger charge is -2.23. The van der Waals surface area contributed by atoms with Crippen LogP contribution in [0.15, 0.2) is 60.7 Å². The fourth-order valence-electron chi connectivity index (χ4n) is 2.59. The molecule has 2 rings (SSSR count). The van der Waals surface area contributed by atoms with Crippen molar-refractivity contribution < 1.29 is 14.4 Å². The number of anilines is 1. The average Bonchev–Trinajstić information content (AvgIpc) is 2.60. The highest BCUT2D eigenvalue weighted by molar-refractivity contribution is 6.10. The molecule has 24 heavy (non-hydrogen) atoms. The van der Waals surface area contributed by atoms with E-state index < -0.39 is 17.7 Å². The average molecular weight is 323 g/mol. The van der Waals surface area contributed by atoms with Gasteiger partial charge in [-0.3, -0.25) is 9.59 Å². The summed E-state index contributed by atoms with van der Waals surface area (Å²) < 4.78 is 0. The number of para-hydroxylation sites is 1. The Labute approximate surface area is 141 Å². The van der Waals surface area contributed by atoms with Gasteiger partial charge in [0.2, 0.25) is 5.91 Å². The number of benzene rings is 2. The first-order chi connectivity index (χ1) is 11.5. The Balaban J connectivity index is 2.35. The van der Waals surface area contributed by atoms with Gasteiger partial charge in [0, 0.05) is 11.6 Å². The summed E-state index contributed by atoms with van der Waals surface area (Å²) in [4.78, 5) is 37.1. The molecular weight excluding hydrogens is 302 g/mol. The van der Waals surface area contributed by atoms with Gasteiger partial charge in [0.1, 0.15) is 18.0 Å². The summed E-state index contributed by atoms with van der Waals surface area (Å²) in [6.07, 6.45) is 0.685. The van der Waals surface area contributed by atoms with Crippen LogP contribution in [0.3, 0.4) is 0 Å². The van der Waals surface area contributed by atoms with Crippen LogP contribution in [0, 0.1) is 11.8 Å². The molecular formula is C20H21NO3. The zero-order valence-electron chi connectivity index (χ0n) is 13.8. The van der Waals surface area contributed by atoms with Gasteiger partial charge in [-0.25, -0.2) is 0 Å². The number of carbonyl (C=O) groups excluding carboxylic acids is 3. The van der Waals surface area contributed by atoms with Crippen molar-refractivity contribution in [3.63, 3.8) is 0 Å². The van der Waals surface area contributed by atoms with Gasteiger partial charge in [0.05, 0.1) is 5.92 Å². The molecule has 1 amide bonds. The van der Waals surface area contributed by atoms with Crippen molar-refractivity contribution in [3.05, 3.63) is 66.2 Å². The van der Waals surface area contributed by atoms with Gasteiger partial charge in [0.25, 0.3) is 0 Å². The van der Waals surface area contributed by atoms with Crippen molar-refractivity contribution in [2.75, 3.05) is 5.32 Å². The first kappa shape index (κ1) is 17.6. The maximum absolute atomic E-state index is 12.7. The summed E-state index contributed by atoms with van der Waals surface area (Å²) in [6.45, 7) is 3.47. The summed E-state index contributed by atoms with van der Waals surface area (Å²) >= 11 is 0. The Morgan fingerprint density at radius 3 is 1.96 bits per heavy atom. The van der Waals surface area contributed by atoms with E-state index in [2.05, 4.69) is 5.32 Å². The molecule has 0 fully saturated rings. The number of Topliss-reactive ketones (excluding diaryl/α,β-unsaturated/α-hetero) is 1. The Hall–Kier alpha value is -2.75. The molecule has 124 valence electrons. The molecule has 2 aromatic carbocycles. The van der Waals surface area contributed by atoms with E-state index in [0.717, 1.165) is 0 Å². The van der Waals surface area contributed by atoms with E-state index in [4.69, 9.17) is 0 Å². The molecule has 2 aromatic rings.